The Hall–Kier alpha value is -2.14. The van der Waals surface area contributed by atoms with Crippen LogP contribution >= 0.6 is 0 Å². The highest BCUT2D eigenvalue weighted by Gasteiger charge is 2.03. The largest absolute Gasteiger partial charge is 0.207 e. The first-order chi connectivity index (χ1) is 7.70. The van der Waals surface area contributed by atoms with Crippen LogP contribution in [-0.4, -0.2) is 0 Å². The summed E-state index contributed by atoms with van der Waals surface area (Å²) in [4.78, 5) is 0. The Kier molecular flexibility index (Phi) is 2.70. The van der Waals surface area contributed by atoms with Crippen molar-refractivity contribution in [1.29, 1.82) is 5.26 Å². The maximum absolute atomic E-state index is 13.1. The zero-order valence-electron chi connectivity index (χ0n) is 8.87. The van der Waals surface area contributed by atoms with Crippen LogP contribution in [-0.2, 0) is 0 Å². The Bertz CT molecular complexity index is 550. The molecule has 1 nitrogen and oxygen atoms in total. The minimum atomic E-state index is -0.245. The number of nitriles is 1. The fourth-order valence-corrected chi connectivity index (χ4v) is 1.63. The molecule has 0 spiro atoms. The molecule has 0 radical (unpaired) electrons. The van der Waals surface area contributed by atoms with E-state index in [-0.39, 0.29) is 5.82 Å². The van der Waals surface area contributed by atoms with Crippen LogP contribution in [0.4, 0.5) is 4.39 Å². The van der Waals surface area contributed by atoms with Crippen LogP contribution < -0.4 is 0 Å². The van der Waals surface area contributed by atoms with Crippen LogP contribution in [0.25, 0.3) is 11.1 Å². The van der Waals surface area contributed by atoms with Crippen LogP contribution in [0, 0.1) is 24.1 Å². The molecule has 0 aliphatic rings. The zero-order valence-corrected chi connectivity index (χ0v) is 8.87. The highest BCUT2D eigenvalue weighted by Crippen LogP contribution is 2.24. The molecule has 0 saturated carbocycles. The highest BCUT2D eigenvalue weighted by molar-refractivity contribution is 5.67. The first kappa shape index (κ1) is 10.4. The van der Waals surface area contributed by atoms with Gasteiger partial charge in [-0.3, -0.25) is 0 Å². The van der Waals surface area contributed by atoms with E-state index in [9.17, 15) is 4.39 Å². The molecule has 0 aliphatic carbocycles. The van der Waals surface area contributed by atoms with Crippen molar-refractivity contribution in [2.45, 2.75) is 6.92 Å². The third kappa shape index (κ3) is 1.94. The number of benzene rings is 2. The van der Waals surface area contributed by atoms with Crippen molar-refractivity contribution in [3.63, 3.8) is 0 Å². The van der Waals surface area contributed by atoms with Gasteiger partial charge in [-0.25, -0.2) is 4.39 Å². The molecule has 0 saturated heterocycles. The van der Waals surface area contributed by atoms with Crippen molar-refractivity contribution < 1.29 is 4.39 Å². The van der Waals surface area contributed by atoms with E-state index < -0.39 is 0 Å². The third-order valence-corrected chi connectivity index (χ3v) is 2.52. The number of halogens is 1. The third-order valence-electron chi connectivity index (χ3n) is 2.52. The van der Waals surface area contributed by atoms with Crippen molar-refractivity contribution in [1.82, 2.24) is 0 Å². The fourth-order valence-electron chi connectivity index (χ4n) is 1.63. The lowest BCUT2D eigenvalue weighted by atomic mass is 9.99. The zero-order chi connectivity index (χ0) is 11.5. The van der Waals surface area contributed by atoms with Gasteiger partial charge in [0.25, 0.3) is 0 Å². The summed E-state index contributed by atoms with van der Waals surface area (Å²) in [6, 6.07) is 13.9. The summed E-state index contributed by atoms with van der Waals surface area (Å²) in [7, 11) is 0. The summed E-state index contributed by atoms with van der Waals surface area (Å²) in [6.45, 7) is 1.94. The van der Waals surface area contributed by atoms with Crippen LogP contribution in [0.2, 0.25) is 0 Å². The summed E-state index contributed by atoms with van der Waals surface area (Å²) in [5, 5.41) is 8.69. The van der Waals surface area contributed by atoms with Crippen LogP contribution in [0.1, 0.15) is 11.1 Å². The topological polar surface area (TPSA) is 23.8 Å². The van der Waals surface area contributed by atoms with Gasteiger partial charge in [0.05, 0.1) is 11.6 Å². The fraction of sp³-hybridized carbons (Fsp3) is 0.0714. The van der Waals surface area contributed by atoms with E-state index in [1.165, 1.54) is 12.1 Å². The second-order valence-electron chi connectivity index (χ2n) is 3.65. The Morgan fingerprint density at radius 2 is 1.75 bits per heavy atom. The van der Waals surface area contributed by atoms with Gasteiger partial charge in [-0.1, -0.05) is 18.2 Å². The van der Waals surface area contributed by atoms with Crippen molar-refractivity contribution in [3.8, 4) is 17.2 Å². The Morgan fingerprint density at radius 1 is 1.06 bits per heavy atom. The molecule has 0 amide bonds. The maximum atomic E-state index is 13.1. The summed E-state index contributed by atoms with van der Waals surface area (Å²) in [5.74, 6) is -0.245. The number of hydrogen-bond acceptors (Lipinski definition) is 1. The Labute approximate surface area is 93.8 Å². The number of rotatable bonds is 1. The lowest BCUT2D eigenvalue weighted by molar-refractivity contribution is 0.628. The van der Waals surface area contributed by atoms with Crippen LogP contribution in [0.3, 0.4) is 0 Å². The lowest BCUT2D eigenvalue weighted by Gasteiger charge is -2.05. The summed E-state index contributed by atoms with van der Waals surface area (Å²) < 4.78 is 13.1. The van der Waals surface area contributed by atoms with Gasteiger partial charge in [-0.2, -0.15) is 5.26 Å². The molecule has 0 bridgehead atoms. The molecule has 0 aliphatic heterocycles. The summed E-state index contributed by atoms with van der Waals surface area (Å²) in [6.07, 6.45) is 0. The van der Waals surface area contributed by atoms with Gasteiger partial charge in [0.15, 0.2) is 0 Å². The van der Waals surface area contributed by atoms with Gasteiger partial charge >= 0.3 is 0 Å². The van der Waals surface area contributed by atoms with E-state index in [1.807, 2.05) is 19.1 Å². The monoisotopic (exact) mass is 211 g/mol. The minimum absolute atomic E-state index is 0.245. The van der Waals surface area contributed by atoms with E-state index in [0.717, 1.165) is 16.7 Å². The SMILES string of the molecule is Cc1ccc(F)cc1-c1ccc(C#N)cc1. The van der Waals surface area contributed by atoms with Gasteiger partial charge < -0.3 is 0 Å². The number of hydrogen-bond donors (Lipinski definition) is 0. The lowest BCUT2D eigenvalue weighted by Crippen LogP contribution is -1.85. The molecule has 0 heterocycles. The van der Waals surface area contributed by atoms with E-state index >= 15 is 0 Å². The maximum Gasteiger partial charge on any atom is 0.123 e. The highest BCUT2D eigenvalue weighted by atomic mass is 19.1. The van der Waals surface area contributed by atoms with Gasteiger partial charge in [0, 0.05) is 0 Å². The van der Waals surface area contributed by atoms with Gasteiger partial charge in [0.1, 0.15) is 5.82 Å². The smallest absolute Gasteiger partial charge is 0.123 e. The molecule has 0 N–H and O–H groups in total. The second kappa shape index (κ2) is 4.16. The van der Waals surface area contributed by atoms with Crippen LogP contribution in [0.15, 0.2) is 42.5 Å². The molecule has 2 aromatic rings. The van der Waals surface area contributed by atoms with Crippen molar-refractivity contribution in [2.75, 3.05) is 0 Å². The number of nitrogens with zero attached hydrogens (tertiary/aromatic N) is 1. The molecule has 2 rings (SSSR count). The predicted octanol–water partition coefficient (Wildman–Crippen LogP) is 3.67. The van der Waals surface area contributed by atoms with E-state index in [4.69, 9.17) is 5.26 Å². The molecule has 0 fully saturated rings. The summed E-state index contributed by atoms with van der Waals surface area (Å²) in [5.41, 5.74) is 3.42. The van der Waals surface area contributed by atoms with Crippen molar-refractivity contribution >= 4 is 0 Å². The molecule has 0 atom stereocenters. The molecular weight excluding hydrogens is 201 g/mol. The molecule has 0 unspecified atom stereocenters. The number of aryl methyl sites for hydroxylation is 1. The molecule has 2 heteroatoms. The van der Waals surface area contributed by atoms with Gasteiger partial charge in [0.2, 0.25) is 0 Å². The minimum Gasteiger partial charge on any atom is -0.207 e. The van der Waals surface area contributed by atoms with Crippen molar-refractivity contribution in [2.24, 2.45) is 0 Å². The average Bonchev–Trinajstić information content (AvgIpc) is 2.32. The average molecular weight is 211 g/mol. The van der Waals surface area contributed by atoms with Gasteiger partial charge in [-0.05, 0) is 47.9 Å². The predicted molar refractivity (Wildman–Crippen MR) is 61.3 cm³/mol. The quantitative estimate of drug-likeness (QED) is 0.706. The molecule has 16 heavy (non-hydrogen) atoms. The first-order valence-corrected chi connectivity index (χ1v) is 4.97. The normalized spacial score (nSPS) is 9.81. The van der Waals surface area contributed by atoms with Gasteiger partial charge in [-0.15, -0.1) is 0 Å². The van der Waals surface area contributed by atoms with E-state index in [0.29, 0.717) is 5.56 Å². The van der Waals surface area contributed by atoms with Crippen molar-refractivity contribution in [3.05, 3.63) is 59.4 Å². The van der Waals surface area contributed by atoms with E-state index in [2.05, 4.69) is 6.07 Å². The Morgan fingerprint density at radius 3 is 2.38 bits per heavy atom. The standard InChI is InChI=1S/C14H10FN/c1-10-2-7-13(15)8-14(10)12-5-3-11(9-16)4-6-12/h2-8H,1H3. The Balaban J connectivity index is 2.50. The van der Waals surface area contributed by atoms with E-state index in [1.54, 1.807) is 18.2 Å². The van der Waals surface area contributed by atoms with Crippen LogP contribution in [0.5, 0.6) is 0 Å². The summed E-state index contributed by atoms with van der Waals surface area (Å²) >= 11 is 0. The molecule has 0 aromatic heterocycles. The molecule has 78 valence electrons. The molecule has 2 aromatic carbocycles. The first-order valence-electron chi connectivity index (χ1n) is 4.97. The second-order valence-corrected chi connectivity index (χ2v) is 3.65. The molecular formula is C14H10FN.